The van der Waals surface area contributed by atoms with Crippen LogP contribution in [0, 0.1) is 0 Å². The van der Waals surface area contributed by atoms with E-state index < -0.39 is 15.6 Å². The molecular formula is C15H13ClF3NO3S. The minimum absolute atomic E-state index is 0.163. The number of fused-ring (bicyclic) bond motifs is 2. The largest absolute Gasteiger partial charge is 0.534 e. The molecule has 2 aromatic rings. The number of alkyl halides is 3. The Balaban J connectivity index is 2.27. The summed E-state index contributed by atoms with van der Waals surface area (Å²) in [5, 5.41) is 0.420. The van der Waals surface area contributed by atoms with Crippen LogP contribution in [0.5, 0.6) is 5.75 Å². The van der Waals surface area contributed by atoms with E-state index in [9.17, 15) is 21.6 Å². The molecule has 130 valence electrons. The Labute approximate surface area is 141 Å². The van der Waals surface area contributed by atoms with Crippen LogP contribution in [0.15, 0.2) is 18.2 Å². The molecule has 0 bridgehead atoms. The van der Waals surface area contributed by atoms with Crippen LogP contribution in [0.4, 0.5) is 13.2 Å². The lowest BCUT2D eigenvalue weighted by atomic mass is 10.0. The fourth-order valence-electron chi connectivity index (χ4n) is 2.78. The zero-order valence-corrected chi connectivity index (χ0v) is 13.9. The van der Waals surface area contributed by atoms with Crippen LogP contribution in [0.3, 0.4) is 0 Å². The zero-order chi connectivity index (χ0) is 17.5. The van der Waals surface area contributed by atoms with Crippen LogP contribution < -0.4 is 4.18 Å². The number of nitrogens with zero attached hydrogens (tertiary/aromatic N) is 1. The molecule has 1 aromatic heterocycles. The predicted octanol–water partition coefficient (Wildman–Crippen LogP) is 4.39. The van der Waals surface area contributed by atoms with E-state index in [1.807, 2.05) is 0 Å². The fourth-order valence-corrected chi connectivity index (χ4v) is 3.46. The third-order valence-electron chi connectivity index (χ3n) is 3.90. The van der Waals surface area contributed by atoms with Gasteiger partial charge in [0.2, 0.25) is 0 Å². The van der Waals surface area contributed by atoms with Gasteiger partial charge in [0.1, 0.15) is 0 Å². The van der Waals surface area contributed by atoms with Gasteiger partial charge in [-0.15, -0.1) is 0 Å². The van der Waals surface area contributed by atoms with Gasteiger partial charge in [0, 0.05) is 21.7 Å². The molecule has 0 N–H and O–H groups in total. The van der Waals surface area contributed by atoms with Crippen LogP contribution in [0.1, 0.15) is 30.5 Å². The molecule has 0 fully saturated rings. The lowest BCUT2D eigenvalue weighted by Crippen LogP contribution is -2.28. The number of hydrogen-bond acceptors (Lipinski definition) is 4. The number of hydrogen-bond donors (Lipinski definition) is 0. The highest BCUT2D eigenvalue weighted by Crippen LogP contribution is 2.38. The topological polar surface area (TPSA) is 56.3 Å². The Morgan fingerprint density at radius 2 is 1.83 bits per heavy atom. The Bertz CT molecular complexity index is 897. The van der Waals surface area contributed by atoms with E-state index in [2.05, 4.69) is 9.17 Å². The quantitative estimate of drug-likeness (QED) is 0.441. The molecule has 1 aliphatic rings. The van der Waals surface area contributed by atoms with Gasteiger partial charge in [-0.3, -0.25) is 4.98 Å². The van der Waals surface area contributed by atoms with Gasteiger partial charge >= 0.3 is 15.6 Å². The number of aromatic nitrogens is 1. The molecule has 24 heavy (non-hydrogen) atoms. The Kier molecular flexibility index (Phi) is 4.37. The summed E-state index contributed by atoms with van der Waals surface area (Å²) in [5.41, 5.74) is -4.16. The number of halogens is 4. The molecule has 0 radical (unpaired) electrons. The molecule has 0 saturated carbocycles. The molecule has 4 nitrogen and oxygen atoms in total. The number of rotatable bonds is 2. The summed E-state index contributed by atoms with van der Waals surface area (Å²) >= 11 is 5.91. The van der Waals surface area contributed by atoms with Crippen molar-refractivity contribution < 1.29 is 25.8 Å². The van der Waals surface area contributed by atoms with Crippen molar-refractivity contribution in [2.75, 3.05) is 0 Å². The van der Waals surface area contributed by atoms with E-state index in [-0.39, 0.29) is 16.2 Å². The molecule has 1 aromatic carbocycles. The van der Waals surface area contributed by atoms with Crippen molar-refractivity contribution in [2.24, 2.45) is 0 Å². The average molecular weight is 380 g/mol. The maximum atomic E-state index is 12.8. The van der Waals surface area contributed by atoms with E-state index in [0.717, 1.165) is 19.3 Å². The maximum absolute atomic E-state index is 12.8. The summed E-state index contributed by atoms with van der Waals surface area (Å²) in [7, 11) is -5.77. The lowest BCUT2D eigenvalue weighted by Gasteiger charge is -2.17. The smallest absolute Gasteiger partial charge is 0.375 e. The third kappa shape index (κ3) is 3.17. The van der Waals surface area contributed by atoms with Crippen molar-refractivity contribution in [1.82, 2.24) is 4.98 Å². The van der Waals surface area contributed by atoms with Crippen molar-refractivity contribution in [3.8, 4) is 5.75 Å². The molecule has 0 unspecified atom stereocenters. The van der Waals surface area contributed by atoms with Gasteiger partial charge in [0.05, 0.1) is 5.52 Å². The molecule has 0 amide bonds. The predicted molar refractivity (Wildman–Crippen MR) is 83.6 cm³/mol. The monoisotopic (exact) mass is 379 g/mol. The van der Waals surface area contributed by atoms with Crippen LogP contribution in [-0.2, 0) is 23.0 Å². The normalized spacial score (nSPS) is 15.8. The molecule has 9 heteroatoms. The number of aryl methyl sites for hydroxylation is 1. The van der Waals surface area contributed by atoms with Gasteiger partial charge in [-0.05, 0) is 43.9 Å². The van der Waals surface area contributed by atoms with Crippen molar-refractivity contribution in [3.05, 3.63) is 34.5 Å². The molecular weight excluding hydrogens is 367 g/mol. The first kappa shape index (κ1) is 17.3. The van der Waals surface area contributed by atoms with Gasteiger partial charge < -0.3 is 4.18 Å². The second-order valence-corrected chi connectivity index (χ2v) is 7.55. The zero-order valence-electron chi connectivity index (χ0n) is 12.4. The maximum Gasteiger partial charge on any atom is 0.534 e. The fraction of sp³-hybridized carbons (Fsp3) is 0.400. The molecule has 0 atom stereocenters. The van der Waals surface area contributed by atoms with Gasteiger partial charge in [-0.25, -0.2) is 0 Å². The average Bonchev–Trinajstić information content (AvgIpc) is 2.71. The number of pyridine rings is 1. The van der Waals surface area contributed by atoms with Crippen molar-refractivity contribution in [2.45, 2.75) is 37.6 Å². The minimum atomic E-state index is -5.77. The minimum Gasteiger partial charge on any atom is -0.375 e. The molecule has 0 spiro atoms. The van der Waals surface area contributed by atoms with Crippen LogP contribution >= 0.6 is 11.6 Å². The van der Waals surface area contributed by atoms with Crippen molar-refractivity contribution in [1.29, 1.82) is 0 Å². The van der Waals surface area contributed by atoms with E-state index in [0.29, 0.717) is 29.6 Å². The summed E-state index contributed by atoms with van der Waals surface area (Å²) < 4.78 is 65.8. The standard InChI is InChI=1S/C15H13ClF3NO3S/c16-9-6-7-13-11(8-9)14(23-24(21,22)15(17,18)19)10-4-2-1-3-5-12(10)20-13/h6-8H,1-5H2. The van der Waals surface area contributed by atoms with Crippen LogP contribution in [0.25, 0.3) is 10.9 Å². The SMILES string of the molecule is O=S(=O)(Oc1c2c(nc3ccc(Cl)cc13)CCCCC2)C(F)(F)F. The van der Waals surface area contributed by atoms with Gasteiger partial charge in [0.25, 0.3) is 0 Å². The van der Waals surface area contributed by atoms with Crippen molar-refractivity contribution >= 4 is 32.6 Å². The van der Waals surface area contributed by atoms with Crippen LogP contribution in [-0.4, -0.2) is 18.9 Å². The van der Waals surface area contributed by atoms with E-state index in [1.54, 1.807) is 6.07 Å². The molecule has 3 rings (SSSR count). The first-order chi connectivity index (χ1) is 11.2. The first-order valence-electron chi connectivity index (χ1n) is 7.31. The summed E-state index contributed by atoms with van der Waals surface area (Å²) in [5.74, 6) is -0.309. The Hall–Kier alpha value is -1.54. The highest BCUT2D eigenvalue weighted by atomic mass is 35.5. The second-order valence-electron chi connectivity index (χ2n) is 5.57. The highest BCUT2D eigenvalue weighted by molar-refractivity contribution is 7.88. The summed E-state index contributed by atoms with van der Waals surface area (Å²) in [6.45, 7) is 0. The molecule has 1 aliphatic carbocycles. The molecule has 0 aliphatic heterocycles. The summed E-state index contributed by atoms with van der Waals surface area (Å²) in [4.78, 5) is 4.45. The Morgan fingerprint density at radius 3 is 2.54 bits per heavy atom. The second kappa shape index (κ2) is 6.07. The Morgan fingerprint density at radius 1 is 1.12 bits per heavy atom. The molecule has 1 heterocycles. The van der Waals surface area contributed by atoms with Gasteiger partial charge in [-0.2, -0.15) is 21.6 Å². The van der Waals surface area contributed by atoms with Crippen LogP contribution in [0.2, 0.25) is 5.02 Å². The number of benzene rings is 1. The first-order valence-corrected chi connectivity index (χ1v) is 9.09. The van der Waals surface area contributed by atoms with E-state index in [1.165, 1.54) is 12.1 Å². The summed E-state index contributed by atoms with van der Waals surface area (Å²) in [6, 6.07) is 4.45. The van der Waals surface area contributed by atoms with E-state index in [4.69, 9.17) is 11.6 Å². The van der Waals surface area contributed by atoms with Gasteiger partial charge in [-0.1, -0.05) is 18.0 Å². The van der Waals surface area contributed by atoms with Gasteiger partial charge in [0.15, 0.2) is 5.75 Å². The summed E-state index contributed by atoms with van der Waals surface area (Å²) in [6.07, 6.45) is 3.43. The lowest BCUT2D eigenvalue weighted by molar-refractivity contribution is -0.0499. The van der Waals surface area contributed by atoms with Crippen molar-refractivity contribution in [3.63, 3.8) is 0 Å². The highest BCUT2D eigenvalue weighted by Gasteiger charge is 2.49. The third-order valence-corrected chi connectivity index (χ3v) is 5.09. The molecule has 0 saturated heterocycles. The van der Waals surface area contributed by atoms with E-state index >= 15 is 0 Å².